The van der Waals surface area contributed by atoms with Crippen molar-refractivity contribution < 1.29 is 22.7 Å². The number of esters is 1. The fraction of sp³-hybridized carbons (Fsp3) is 0.278. The van der Waals surface area contributed by atoms with E-state index in [1.807, 2.05) is 31.2 Å². The summed E-state index contributed by atoms with van der Waals surface area (Å²) in [5, 5.41) is 0.118. The number of carbonyl (C=O) groups excluding carboxylic acids is 1. The zero-order valence-electron chi connectivity index (χ0n) is 14.7. The highest BCUT2D eigenvalue weighted by Crippen LogP contribution is 2.23. The number of para-hydroxylation sites is 1. The van der Waals surface area contributed by atoms with Gasteiger partial charge in [0.25, 0.3) is 0 Å². The van der Waals surface area contributed by atoms with Crippen LogP contribution >= 0.6 is 11.6 Å². The number of aryl methyl sites for hydroxylation is 1. The van der Waals surface area contributed by atoms with Gasteiger partial charge in [0.2, 0.25) is 10.0 Å². The third-order valence-corrected chi connectivity index (χ3v) is 5.74. The number of hydrogen-bond donors (Lipinski definition) is 0. The molecule has 2 aromatic rings. The van der Waals surface area contributed by atoms with Crippen LogP contribution in [0.1, 0.15) is 15.9 Å². The Morgan fingerprint density at radius 2 is 1.81 bits per heavy atom. The molecule has 8 heteroatoms. The Balaban J connectivity index is 2.02. The first kappa shape index (κ1) is 20.2. The Morgan fingerprint density at radius 1 is 1.12 bits per heavy atom. The fourth-order valence-electron chi connectivity index (χ4n) is 2.11. The zero-order valence-corrected chi connectivity index (χ0v) is 16.3. The van der Waals surface area contributed by atoms with Crippen molar-refractivity contribution in [2.45, 2.75) is 11.8 Å². The minimum Gasteiger partial charge on any atom is -0.490 e. The summed E-state index contributed by atoms with van der Waals surface area (Å²) in [7, 11) is -0.858. The lowest BCUT2D eigenvalue weighted by Crippen LogP contribution is -2.22. The predicted octanol–water partition coefficient (Wildman–Crippen LogP) is 3.13. The third-order valence-electron chi connectivity index (χ3n) is 3.60. The summed E-state index contributed by atoms with van der Waals surface area (Å²) >= 11 is 6.01. The van der Waals surface area contributed by atoms with Crippen molar-refractivity contribution in [1.29, 1.82) is 0 Å². The van der Waals surface area contributed by atoms with E-state index in [2.05, 4.69) is 0 Å². The monoisotopic (exact) mass is 397 g/mol. The second-order valence-electron chi connectivity index (χ2n) is 5.68. The second-order valence-corrected chi connectivity index (χ2v) is 8.24. The van der Waals surface area contributed by atoms with Crippen molar-refractivity contribution in [3.8, 4) is 5.75 Å². The van der Waals surface area contributed by atoms with E-state index >= 15 is 0 Å². The maximum Gasteiger partial charge on any atom is 0.339 e. The van der Waals surface area contributed by atoms with Crippen LogP contribution in [0.3, 0.4) is 0 Å². The van der Waals surface area contributed by atoms with Gasteiger partial charge in [-0.15, -0.1) is 0 Å². The Bertz CT molecular complexity index is 896. The van der Waals surface area contributed by atoms with E-state index in [0.717, 1.165) is 9.87 Å². The first-order valence-electron chi connectivity index (χ1n) is 7.81. The molecule has 140 valence electrons. The molecule has 2 rings (SSSR count). The molecule has 26 heavy (non-hydrogen) atoms. The van der Waals surface area contributed by atoms with E-state index in [0.29, 0.717) is 5.75 Å². The molecule has 6 nitrogen and oxygen atoms in total. The molecule has 0 fully saturated rings. The van der Waals surface area contributed by atoms with E-state index in [1.54, 1.807) is 0 Å². The van der Waals surface area contributed by atoms with Crippen LogP contribution in [0.5, 0.6) is 5.75 Å². The average Bonchev–Trinajstić information content (AvgIpc) is 2.60. The largest absolute Gasteiger partial charge is 0.490 e. The molecule has 0 unspecified atom stereocenters. The van der Waals surface area contributed by atoms with Gasteiger partial charge >= 0.3 is 5.97 Å². The normalized spacial score (nSPS) is 11.4. The summed E-state index contributed by atoms with van der Waals surface area (Å²) in [4.78, 5) is 12.2. The van der Waals surface area contributed by atoms with E-state index in [4.69, 9.17) is 21.1 Å². The minimum atomic E-state index is -3.67. The summed E-state index contributed by atoms with van der Waals surface area (Å²) in [5.74, 6) is -0.000144. The highest BCUT2D eigenvalue weighted by molar-refractivity contribution is 7.89. The molecular formula is C18H20ClNO5S. The first-order valence-corrected chi connectivity index (χ1v) is 9.63. The lowest BCUT2D eigenvalue weighted by molar-refractivity contribution is 0.0450. The number of nitrogens with zero attached hydrogens (tertiary/aromatic N) is 1. The molecule has 0 bridgehead atoms. The quantitative estimate of drug-likeness (QED) is 0.530. The van der Waals surface area contributed by atoms with Crippen LogP contribution in [0.15, 0.2) is 47.4 Å². The molecule has 2 aromatic carbocycles. The molecule has 0 aromatic heterocycles. The van der Waals surface area contributed by atoms with Crippen molar-refractivity contribution in [1.82, 2.24) is 4.31 Å². The van der Waals surface area contributed by atoms with Crippen molar-refractivity contribution in [2.24, 2.45) is 0 Å². The number of benzene rings is 2. The molecule has 0 N–H and O–H groups in total. The molecule has 0 aliphatic heterocycles. The molecule has 0 radical (unpaired) electrons. The van der Waals surface area contributed by atoms with Gasteiger partial charge in [-0.1, -0.05) is 29.8 Å². The van der Waals surface area contributed by atoms with Gasteiger partial charge in [-0.2, -0.15) is 0 Å². The number of halogens is 1. The van der Waals surface area contributed by atoms with E-state index < -0.39 is 16.0 Å². The van der Waals surface area contributed by atoms with Gasteiger partial charge in [0.15, 0.2) is 0 Å². The minimum absolute atomic E-state index is 0.00809. The molecule has 0 aliphatic rings. The zero-order chi connectivity index (χ0) is 19.3. The van der Waals surface area contributed by atoms with Gasteiger partial charge in [-0.05, 0) is 36.8 Å². The van der Waals surface area contributed by atoms with E-state index in [-0.39, 0.29) is 28.7 Å². The molecule has 0 amide bonds. The molecule has 0 saturated carbocycles. The van der Waals surface area contributed by atoms with Crippen LogP contribution in [0.25, 0.3) is 0 Å². The number of rotatable bonds is 7. The first-order chi connectivity index (χ1) is 12.2. The van der Waals surface area contributed by atoms with Gasteiger partial charge in [-0.3, -0.25) is 0 Å². The van der Waals surface area contributed by atoms with Crippen molar-refractivity contribution in [3.63, 3.8) is 0 Å². The smallest absolute Gasteiger partial charge is 0.339 e. The molecule has 0 saturated heterocycles. The number of ether oxygens (including phenoxy) is 2. The van der Waals surface area contributed by atoms with Gasteiger partial charge in [0.1, 0.15) is 19.0 Å². The fourth-order valence-corrected chi connectivity index (χ4v) is 3.24. The van der Waals surface area contributed by atoms with Gasteiger partial charge in [0, 0.05) is 14.1 Å². The number of carbonyl (C=O) groups is 1. The topological polar surface area (TPSA) is 72.9 Å². The maximum atomic E-state index is 12.2. The predicted molar refractivity (Wildman–Crippen MR) is 99.3 cm³/mol. The van der Waals surface area contributed by atoms with Crippen LogP contribution in [-0.2, 0) is 14.8 Å². The lowest BCUT2D eigenvalue weighted by Gasteiger charge is -2.13. The Hall–Kier alpha value is -2.09. The molecule has 0 aliphatic carbocycles. The van der Waals surface area contributed by atoms with Crippen LogP contribution in [0.4, 0.5) is 0 Å². The highest BCUT2D eigenvalue weighted by atomic mass is 35.5. The maximum absolute atomic E-state index is 12.2. The van der Waals surface area contributed by atoms with Crippen LogP contribution in [-0.4, -0.2) is 46.0 Å². The van der Waals surface area contributed by atoms with Crippen molar-refractivity contribution in [2.75, 3.05) is 27.3 Å². The highest BCUT2D eigenvalue weighted by Gasteiger charge is 2.21. The SMILES string of the molecule is Cc1ccccc1OCCOC(=O)c1cc(S(=O)(=O)N(C)C)ccc1Cl. The van der Waals surface area contributed by atoms with E-state index in [9.17, 15) is 13.2 Å². The summed E-state index contributed by atoms with van der Waals surface area (Å²) in [5.41, 5.74) is 0.967. The van der Waals surface area contributed by atoms with Gasteiger partial charge < -0.3 is 9.47 Å². The van der Waals surface area contributed by atoms with Crippen molar-refractivity contribution >= 4 is 27.6 Å². The standard InChI is InChI=1S/C18H20ClNO5S/c1-13-6-4-5-7-17(13)24-10-11-25-18(21)15-12-14(8-9-16(15)19)26(22,23)20(2)3/h4-9,12H,10-11H2,1-3H3. The van der Waals surface area contributed by atoms with Crippen molar-refractivity contribution in [3.05, 3.63) is 58.6 Å². The summed E-state index contributed by atoms with van der Waals surface area (Å²) in [6.07, 6.45) is 0. The lowest BCUT2D eigenvalue weighted by atomic mass is 10.2. The number of hydrogen-bond acceptors (Lipinski definition) is 5. The average molecular weight is 398 g/mol. The van der Waals surface area contributed by atoms with Crippen LogP contribution < -0.4 is 4.74 Å². The summed E-state index contributed by atoms with van der Waals surface area (Å²) in [6.45, 7) is 2.09. The van der Waals surface area contributed by atoms with E-state index in [1.165, 1.54) is 32.3 Å². The van der Waals surface area contributed by atoms with Gasteiger partial charge in [0.05, 0.1) is 15.5 Å². The van der Waals surface area contributed by atoms with Gasteiger partial charge in [-0.25, -0.2) is 17.5 Å². The Morgan fingerprint density at radius 3 is 2.46 bits per heavy atom. The molecule has 0 atom stereocenters. The van der Waals surface area contributed by atoms with Crippen LogP contribution in [0, 0.1) is 6.92 Å². The Kier molecular flexibility index (Phi) is 6.63. The molecular weight excluding hydrogens is 378 g/mol. The Labute approximate surface area is 158 Å². The molecule has 0 spiro atoms. The second kappa shape index (κ2) is 8.53. The molecule has 0 heterocycles. The van der Waals surface area contributed by atoms with Crippen LogP contribution in [0.2, 0.25) is 5.02 Å². The summed E-state index contributed by atoms with van der Waals surface area (Å²) < 4.78 is 36.1. The third kappa shape index (κ3) is 4.75. The summed E-state index contributed by atoms with van der Waals surface area (Å²) in [6, 6.07) is 11.4. The number of sulfonamides is 1.